The first kappa shape index (κ1) is 38.0. The number of fused-ring (bicyclic) bond motifs is 1. The summed E-state index contributed by atoms with van der Waals surface area (Å²) >= 11 is 6.28. The minimum Gasteiger partial charge on any atom is -0.505 e. The van der Waals surface area contributed by atoms with Gasteiger partial charge in [0.2, 0.25) is 0 Å². The summed E-state index contributed by atoms with van der Waals surface area (Å²) in [5.41, 5.74) is 1.30. The molecule has 0 aliphatic heterocycles. The molecule has 0 saturated carbocycles. The summed E-state index contributed by atoms with van der Waals surface area (Å²) in [6.45, 7) is 25.6. The molecule has 202 valence electrons. The van der Waals surface area contributed by atoms with Crippen molar-refractivity contribution < 1.29 is 5.11 Å². The van der Waals surface area contributed by atoms with Gasteiger partial charge in [-0.2, -0.15) is 0 Å². The Bertz CT molecular complexity index is 828. The van der Waals surface area contributed by atoms with Crippen LogP contribution < -0.4 is 0 Å². The molecular formula is C33H52ClNO. The molecule has 0 unspecified atom stereocenters. The average Bonchev–Trinajstić information content (AvgIpc) is 2.83. The number of unbranched alkanes of at least 4 members (excludes halogenated alkanes) is 5. The number of rotatable bonds is 9. The van der Waals surface area contributed by atoms with Gasteiger partial charge in [-0.3, -0.25) is 4.98 Å². The number of allylic oxidation sites excluding steroid dienone is 5. The van der Waals surface area contributed by atoms with Crippen LogP contribution in [0, 0.1) is 5.92 Å². The number of aromatic nitrogens is 1. The first-order chi connectivity index (χ1) is 17.2. The van der Waals surface area contributed by atoms with Crippen molar-refractivity contribution in [1.29, 1.82) is 0 Å². The predicted molar refractivity (Wildman–Crippen MR) is 168 cm³/mol. The molecule has 2 aromatic rings. The number of hydrogen-bond acceptors (Lipinski definition) is 2. The van der Waals surface area contributed by atoms with Gasteiger partial charge in [0.15, 0.2) is 0 Å². The molecule has 3 heteroatoms. The molecular weight excluding hydrogens is 462 g/mol. The molecule has 0 aliphatic carbocycles. The third kappa shape index (κ3) is 21.9. The van der Waals surface area contributed by atoms with Gasteiger partial charge >= 0.3 is 0 Å². The number of benzene rings is 1. The van der Waals surface area contributed by atoms with Crippen molar-refractivity contribution in [2.45, 2.75) is 86.5 Å². The molecule has 0 spiro atoms. The van der Waals surface area contributed by atoms with Gasteiger partial charge in [-0.1, -0.05) is 94.0 Å². The maximum atomic E-state index is 10.3. The fraction of sp³-hybridized carbons (Fsp3) is 0.424. The van der Waals surface area contributed by atoms with Crippen molar-refractivity contribution in [2.75, 3.05) is 0 Å². The predicted octanol–water partition coefficient (Wildman–Crippen LogP) is 11.8. The van der Waals surface area contributed by atoms with E-state index in [-0.39, 0.29) is 5.75 Å². The van der Waals surface area contributed by atoms with Crippen molar-refractivity contribution in [3.8, 4) is 5.75 Å². The van der Waals surface area contributed by atoms with Crippen LogP contribution in [0.1, 0.15) is 92.1 Å². The Kier molecular flexibility index (Phi) is 30.2. The van der Waals surface area contributed by atoms with E-state index in [0.717, 1.165) is 23.3 Å². The van der Waals surface area contributed by atoms with E-state index in [1.54, 1.807) is 30.5 Å². The van der Waals surface area contributed by atoms with E-state index >= 15 is 0 Å². The van der Waals surface area contributed by atoms with Crippen LogP contribution in [0.25, 0.3) is 17.0 Å². The lowest BCUT2D eigenvalue weighted by Gasteiger charge is -2.06. The maximum absolute atomic E-state index is 10.3. The second-order valence-corrected chi connectivity index (χ2v) is 8.88. The van der Waals surface area contributed by atoms with Crippen LogP contribution in [-0.4, -0.2) is 10.1 Å². The molecule has 0 aliphatic rings. The lowest BCUT2D eigenvalue weighted by molar-refractivity contribution is 0.479. The van der Waals surface area contributed by atoms with Gasteiger partial charge in [-0.15, -0.1) is 26.3 Å². The van der Waals surface area contributed by atoms with E-state index in [2.05, 4.69) is 51.2 Å². The molecule has 2 nitrogen and oxygen atoms in total. The van der Waals surface area contributed by atoms with Gasteiger partial charge in [0.05, 0.1) is 5.02 Å². The minimum atomic E-state index is 0.208. The van der Waals surface area contributed by atoms with E-state index in [0.29, 0.717) is 10.5 Å². The summed E-state index contributed by atoms with van der Waals surface area (Å²) in [7, 11) is 0. The number of pyridine rings is 1. The Morgan fingerprint density at radius 2 is 1.39 bits per heavy atom. The van der Waals surface area contributed by atoms with Gasteiger partial charge in [0.1, 0.15) is 11.3 Å². The summed E-state index contributed by atoms with van der Waals surface area (Å²) in [4.78, 5) is 4.23. The Morgan fingerprint density at radius 3 is 1.92 bits per heavy atom. The average molecular weight is 514 g/mol. The highest BCUT2D eigenvalue weighted by molar-refractivity contribution is 6.35. The highest BCUT2D eigenvalue weighted by atomic mass is 35.5. The number of hydrogen-bond donors (Lipinski definition) is 1. The van der Waals surface area contributed by atoms with E-state index in [9.17, 15) is 5.11 Å². The lowest BCUT2D eigenvalue weighted by atomic mass is 10.0. The zero-order valence-electron chi connectivity index (χ0n) is 23.9. The van der Waals surface area contributed by atoms with E-state index < -0.39 is 0 Å². The molecule has 2 rings (SSSR count). The lowest BCUT2D eigenvalue weighted by Crippen LogP contribution is -1.87. The van der Waals surface area contributed by atoms with Crippen molar-refractivity contribution in [3.05, 3.63) is 91.7 Å². The number of aromatic hydroxyl groups is 1. The number of halogens is 1. The highest BCUT2D eigenvalue weighted by Crippen LogP contribution is 2.33. The molecule has 0 radical (unpaired) electrons. The second kappa shape index (κ2) is 28.7. The minimum absolute atomic E-state index is 0.208. The Morgan fingerprint density at radius 1 is 0.889 bits per heavy atom. The zero-order valence-corrected chi connectivity index (χ0v) is 24.7. The second-order valence-electron chi connectivity index (χ2n) is 8.47. The first-order valence-electron chi connectivity index (χ1n) is 13.0. The van der Waals surface area contributed by atoms with Crippen molar-refractivity contribution in [3.63, 3.8) is 0 Å². The van der Waals surface area contributed by atoms with Crippen molar-refractivity contribution >= 4 is 28.6 Å². The Balaban J connectivity index is -0.000000767. The third-order valence-electron chi connectivity index (χ3n) is 4.29. The molecule has 0 amide bonds. The van der Waals surface area contributed by atoms with Crippen LogP contribution in [0.4, 0.5) is 0 Å². The van der Waals surface area contributed by atoms with Crippen LogP contribution in [0.15, 0.2) is 81.1 Å². The topological polar surface area (TPSA) is 33.1 Å². The van der Waals surface area contributed by atoms with Gasteiger partial charge in [0, 0.05) is 17.1 Å². The van der Waals surface area contributed by atoms with Crippen molar-refractivity contribution in [2.24, 2.45) is 5.92 Å². The molecule has 0 saturated heterocycles. The monoisotopic (exact) mass is 513 g/mol. The van der Waals surface area contributed by atoms with E-state index in [1.807, 2.05) is 52.0 Å². The molecule has 0 atom stereocenters. The smallest absolute Gasteiger partial charge is 0.149 e. The first-order valence-corrected chi connectivity index (χ1v) is 13.3. The maximum Gasteiger partial charge on any atom is 0.149 e. The van der Waals surface area contributed by atoms with Gasteiger partial charge < -0.3 is 5.11 Å². The largest absolute Gasteiger partial charge is 0.505 e. The summed E-state index contributed by atoms with van der Waals surface area (Å²) in [6.07, 6.45) is 21.6. The van der Waals surface area contributed by atoms with Crippen LogP contribution >= 0.6 is 11.6 Å². The van der Waals surface area contributed by atoms with E-state index in [4.69, 9.17) is 11.6 Å². The third-order valence-corrected chi connectivity index (χ3v) is 4.61. The molecule has 1 aromatic heterocycles. The standard InChI is InChI=1S/C21H28ClNO.4C3H6/c1-16(2)11-8-6-4-3-5-7-9-12-17-15-19(22)18-13-10-14-23-20(18)21(17)24;4*1-3-2/h9-10,12-16,24H,3-8,11H2,1-2H3;4*3H,1H2,2H3. The summed E-state index contributed by atoms with van der Waals surface area (Å²) in [5.74, 6) is 1.03. The SMILES string of the molecule is C=CC.C=CC.C=CC.C=CC.CC(C)CCCCCCCC=Cc1cc(Cl)c2cccnc2c1O. The number of phenolic OH excluding ortho intramolecular Hbond substituents is 1. The van der Waals surface area contributed by atoms with Crippen LogP contribution in [0.3, 0.4) is 0 Å². The van der Waals surface area contributed by atoms with Crippen LogP contribution in [0.5, 0.6) is 5.75 Å². The summed E-state index contributed by atoms with van der Waals surface area (Å²) in [5, 5.41) is 11.8. The number of nitrogens with zero attached hydrogens (tertiary/aromatic N) is 1. The normalized spacial score (nSPS) is 9.33. The molecule has 1 N–H and O–H groups in total. The Labute approximate surface area is 228 Å². The highest BCUT2D eigenvalue weighted by Gasteiger charge is 2.09. The molecule has 1 aromatic carbocycles. The molecule has 36 heavy (non-hydrogen) atoms. The van der Waals surface area contributed by atoms with Gasteiger partial charge in [0.25, 0.3) is 0 Å². The van der Waals surface area contributed by atoms with E-state index in [1.165, 1.54) is 38.5 Å². The Hall–Kier alpha value is -2.58. The number of phenols is 1. The fourth-order valence-corrected chi connectivity index (χ4v) is 3.16. The molecule has 0 fully saturated rings. The molecule has 1 heterocycles. The van der Waals surface area contributed by atoms with Gasteiger partial charge in [-0.25, -0.2) is 0 Å². The summed E-state index contributed by atoms with van der Waals surface area (Å²) < 4.78 is 0. The summed E-state index contributed by atoms with van der Waals surface area (Å²) in [6, 6.07) is 5.50. The van der Waals surface area contributed by atoms with Crippen molar-refractivity contribution in [1.82, 2.24) is 4.98 Å². The van der Waals surface area contributed by atoms with Gasteiger partial charge in [-0.05, 0) is 64.7 Å². The molecule has 0 bridgehead atoms. The van der Waals surface area contributed by atoms with Crippen LogP contribution in [0.2, 0.25) is 5.02 Å². The van der Waals surface area contributed by atoms with Crippen LogP contribution in [-0.2, 0) is 0 Å². The fourth-order valence-electron chi connectivity index (χ4n) is 2.89. The quantitative estimate of drug-likeness (QED) is 0.267. The zero-order chi connectivity index (χ0) is 28.2.